The average Bonchev–Trinajstić information content (AvgIpc) is 2.98. The predicted molar refractivity (Wildman–Crippen MR) is 187 cm³/mol. The molecule has 0 radical (unpaired) electrons. The minimum absolute atomic E-state index is 0.481. The first-order valence-corrected chi connectivity index (χ1v) is 19.3. The second kappa shape index (κ2) is 37.3. The predicted octanol–water partition coefficient (Wildman–Crippen LogP) is 12.7. The highest BCUT2D eigenvalue weighted by Gasteiger charge is 2.01. The summed E-state index contributed by atoms with van der Waals surface area (Å²) in [5, 5.41) is 0. The lowest BCUT2D eigenvalue weighted by Crippen LogP contribution is -2.21. The maximum Gasteiger partial charge on any atom is 0.0569 e. The van der Waals surface area contributed by atoms with E-state index < -0.39 is 0 Å². The fourth-order valence-electron chi connectivity index (χ4n) is 6.08. The van der Waals surface area contributed by atoms with Crippen LogP contribution >= 0.6 is 0 Å². The largest absolute Gasteiger partial charge is 0.333 e. The molecule has 0 atom stereocenters. The van der Waals surface area contributed by atoms with E-state index in [-0.39, 0.29) is 0 Å². The number of nitrogens with zero attached hydrogens (tertiary/aromatic N) is 1. The molecule has 0 saturated carbocycles. The van der Waals surface area contributed by atoms with Crippen LogP contribution < -0.4 is 5.73 Å². The lowest BCUT2D eigenvalue weighted by molar-refractivity contribution is 0.367. The van der Waals surface area contributed by atoms with E-state index in [2.05, 4.69) is 30.7 Å². The van der Waals surface area contributed by atoms with Crippen molar-refractivity contribution in [3.05, 3.63) is 0 Å². The summed E-state index contributed by atoms with van der Waals surface area (Å²) in [5.74, 6) is 3.11. The topological polar surface area (TPSA) is 29.3 Å². The van der Waals surface area contributed by atoms with Crippen molar-refractivity contribution in [1.29, 1.82) is 0 Å². The van der Waals surface area contributed by atoms with Gasteiger partial charge in [-0.1, -0.05) is 212 Å². The molecule has 0 aliphatic carbocycles. The second-order valence-corrected chi connectivity index (χ2v) is 13.1. The van der Waals surface area contributed by atoms with Gasteiger partial charge >= 0.3 is 0 Å². The molecule has 0 aromatic heterocycles. The Morgan fingerprint density at radius 2 is 0.561 bits per heavy atom. The third-order valence-corrected chi connectivity index (χ3v) is 8.90. The molecule has 2 N–H and O–H groups in total. The maximum atomic E-state index is 5.66. The smallest absolute Gasteiger partial charge is 0.0569 e. The number of unbranched alkanes of at least 4 members (excludes halogenated alkanes) is 30. The molecule has 0 spiro atoms. The number of nitrogens with two attached hydrogens (primary N) is 1. The Hall–Kier alpha value is -0.680. The quantitative estimate of drug-likeness (QED) is 0.0470. The highest BCUT2D eigenvalue weighted by Crippen LogP contribution is 2.15. The fraction of sp³-hybridized carbons (Fsp3) is 0.949. The molecule has 0 bridgehead atoms. The van der Waals surface area contributed by atoms with Crippen LogP contribution in [0.2, 0.25) is 0 Å². The van der Waals surface area contributed by atoms with Crippen LogP contribution in [-0.2, 0) is 0 Å². The van der Waals surface area contributed by atoms with Gasteiger partial charge in [-0.15, -0.1) is 0 Å². The minimum atomic E-state index is 0.481. The SMILES string of the molecule is CCCCCCCCCCCCCCCCCCN(C#CCN)CCCCCCCCCCCCCCCCCC. The minimum Gasteiger partial charge on any atom is -0.333 e. The van der Waals surface area contributed by atoms with E-state index in [1.54, 1.807) is 0 Å². The van der Waals surface area contributed by atoms with E-state index in [0.29, 0.717) is 6.54 Å². The van der Waals surface area contributed by atoms with Gasteiger partial charge in [0.1, 0.15) is 0 Å². The highest BCUT2D eigenvalue weighted by atomic mass is 15.1. The third-order valence-electron chi connectivity index (χ3n) is 8.90. The Balaban J connectivity index is 3.47. The van der Waals surface area contributed by atoms with E-state index in [9.17, 15) is 0 Å². The van der Waals surface area contributed by atoms with Gasteiger partial charge in [-0.2, -0.15) is 0 Å². The molecule has 0 aliphatic rings. The Morgan fingerprint density at radius 3 is 0.780 bits per heavy atom. The van der Waals surface area contributed by atoms with Gasteiger partial charge < -0.3 is 10.6 Å². The van der Waals surface area contributed by atoms with Crippen molar-refractivity contribution < 1.29 is 0 Å². The molecule has 0 heterocycles. The van der Waals surface area contributed by atoms with Crippen LogP contribution in [0.1, 0.15) is 219 Å². The van der Waals surface area contributed by atoms with Gasteiger partial charge in [0.2, 0.25) is 0 Å². The molecule has 41 heavy (non-hydrogen) atoms. The van der Waals surface area contributed by atoms with E-state index >= 15 is 0 Å². The first-order valence-electron chi connectivity index (χ1n) is 19.3. The van der Waals surface area contributed by atoms with Gasteiger partial charge in [-0.05, 0) is 12.8 Å². The Bertz CT molecular complexity index is 483. The van der Waals surface area contributed by atoms with Gasteiger partial charge in [0.25, 0.3) is 0 Å². The highest BCUT2D eigenvalue weighted by molar-refractivity contribution is 4.99. The summed E-state index contributed by atoms with van der Waals surface area (Å²) in [4.78, 5) is 2.36. The van der Waals surface area contributed by atoms with Gasteiger partial charge in [-0.25, -0.2) is 0 Å². The number of hydrogen-bond donors (Lipinski definition) is 1. The molecule has 244 valence electrons. The lowest BCUT2D eigenvalue weighted by atomic mass is 10.0. The van der Waals surface area contributed by atoms with Crippen molar-refractivity contribution >= 4 is 0 Å². The molecule has 0 fully saturated rings. The molecule has 0 aliphatic heterocycles. The maximum absolute atomic E-state index is 5.66. The molecule has 0 aromatic rings. The Labute approximate surface area is 261 Å². The van der Waals surface area contributed by atoms with E-state index in [1.807, 2.05) is 0 Å². The summed E-state index contributed by atoms with van der Waals surface area (Å²) in [7, 11) is 0. The molecule has 0 amide bonds. The lowest BCUT2D eigenvalue weighted by Gasteiger charge is -2.17. The summed E-state index contributed by atoms with van der Waals surface area (Å²) >= 11 is 0. The van der Waals surface area contributed by atoms with E-state index in [1.165, 1.54) is 205 Å². The van der Waals surface area contributed by atoms with Crippen LogP contribution in [0, 0.1) is 12.0 Å². The zero-order chi connectivity index (χ0) is 29.7. The molecule has 0 saturated heterocycles. The zero-order valence-electron chi connectivity index (χ0n) is 28.8. The molecular formula is C39H78N2. The number of hydrogen-bond acceptors (Lipinski definition) is 2. The second-order valence-electron chi connectivity index (χ2n) is 13.1. The molecule has 0 unspecified atom stereocenters. The van der Waals surface area contributed by atoms with Crippen LogP contribution in [0.5, 0.6) is 0 Å². The van der Waals surface area contributed by atoms with Gasteiger partial charge in [0.15, 0.2) is 0 Å². The van der Waals surface area contributed by atoms with Crippen LogP contribution in [0.3, 0.4) is 0 Å². The molecule has 0 rings (SSSR count). The first-order chi connectivity index (χ1) is 20.3. The van der Waals surface area contributed by atoms with E-state index in [4.69, 9.17) is 5.73 Å². The zero-order valence-corrected chi connectivity index (χ0v) is 28.8. The van der Waals surface area contributed by atoms with Gasteiger partial charge in [-0.3, -0.25) is 0 Å². The Morgan fingerprint density at radius 1 is 0.341 bits per heavy atom. The number of rotatable bonds is 34. The molecule has 0 aromatic carbocycles. The fourth-order valence-corrected chi connectivity index (χ4v) is 6.08. The van der Waals surface area contributed by atoms with Crippen LogP contribution in [-0.4, -0.2) is 24.5 Å². The monoisotopic (exact) mass is 575 g/mol. The van der Waals surface area contributed by atoms with Crippen molar-refractivity contribution in [2.75, 3.05) is 19.6 Å². The standard InChI is InChI=1S/C39H78N2/c1-3-5-7-9-11-13-15-17-19-21-23-25-27-29-31-33-37-41(39-35-36-40)38-34-32-30-28-26-24-22-20-18-16-14-12-10-8-6-4-2/h3-34,36-38,40H2,1-2H3. The normalized spacial score (nSPS) is 11.1. The summed E-state index contributed by atoms with van der Waals surface area (Å²) in [6, 6.07) is 3.33. The van der Waals surface area contributed by atoms with Gasteiger partial charge in [0.05, 0.1) is 6.54 Å². The van der Waals surface area contributed by atoms with Crippen molar-refractivity contribution in [3.63, 3.8) is 0 Å². The Kier molecular flexibility index (Phi) is 36.7. The van der Waals surface area contributed by atoms with Crippen molar-refractivity contribution in [3.8, 4) is 12.0 Å². The van der Waals surface area contributed by atoms with Crippen LogP contribution in [0.4, 0.5) is 0 Å². The van der Waals surface area contributed by atoms with E-state index in [0.717, 1.165) is 13.1 Å². The average molecular weight is 575 g/mol. The summed E-state index contributed by atoms with van der Waals surface area (Å²) in [6.07, 6.45) is 45.7. The van der Waals surface area contributed by atoms with Gasteiger partial charge in [0, 0.05) is 19.1 Å². The van der Waals surface area contributed by atoms with Crippen LogP contribution in [0.15, 0.2) is 0 Å². The van der Waals surface area contributed by atoms with Crippen molar-refractivity contribution in [2.45, 2.75) is 219 Å². The molecule has 2 heteroatoms. The van der Waals surface area contributed by atoms with Crippen LogP contribution in [0.25, 0.3) is 0 Å². The summed E-state index contributed by atoms with van der Waals surface area (Å²) in [5.41, 5.74) is 5.66. The molecule has 2 nitrogen and oxygen atoms in total. The third kappa shape index (κ3) is 35.4. The summed E-state index contributed by atoms with van der Waals surface area (Å²) < 4.78 is 0. The van der Waals surface area contributed by atoms with Crippen molar-refractivity contribution in [2.24, 2.45) is 5.73 Å². The molecular weight excluding hydrogens is 496 g/mol. The van der Waals surface area contributed by atoms with Crippen molar-refractivity contribution in [1.82, 2.24) is 4.90 Å². The summed E-state index contributed by atoms with van der Waals surface area (Å²) in [6.45, 7) is 7.34. The first kappa shape index (κ1) is 40.3.